The highest BCUT2D eigenvalue weighted by atomic mass is 19.4. The van der Waals surface area contributed by atoms with Crippen molar-refractivity contribution in [1.82, 2.24) is 0 Å². The van der Waals surface area contributed by atoms with Crippen molar-refractivity contribution >= 4 is 11.7 Å². The molecule has 1 heterocycles. The van der Waals surface area contributed by atoms with Gasteiger partial charge in [0.05, 0.1) is 6.61 Å². The van der Waals surface area contributed by atoms with E-state index in [4.69, 9.17) is 4.74 Å². The predicted molar refractivity (Wildman–Crippen MR) is 115 cm³/mol. The van der Waals surface area contributed by atoms with E-state index in [-0.39, 0.29) is 30.0 Å². The molecule has 0 saturated carbocycles. The van der Waals surface area contributed by atoms with Crippen molar-refractivity contribution in [3.05, 3.63) is 65.5 Å². The van der Waals surface area contributed by atoms with Gasteiger partial charge in [-0.2, -0.15) is 62.3 Å². The maximum Gasteiger partial charge on any atom is 0.460 e. The van der Waals surface area contributed by atoms with Crippen LogP contribution in [0.1, 0.15) is 25.3 Å². The van der Waals surface area contributed by atoms with E-state index in [0.717, 1.165) is 17.3 Å². The molecular weight excluding hydrogens is 595 g/mol. The van der Waals surface area contributed by atoms with Gasteiger partial charge >= 0.3 is 41.8 Å². The third-order valence-corrected chi connectivity index (χ3v) is 5.63. The zero-order valence-electron chi connectivity index (χ0n) is 20.4. The molecule has 0 N–H and O–H groups in total. The maximum absolute atomic E-state index is 14.4. The van der Waals surface area contributed by atoms with E-state index in [0.29, 0.717) is 25.0 Å². The maximum atomic E-state index is 14.4. The second-order valence-electron chi connectivity index (χ2n) is 8.39. The van der Waals surface area contributed by atoms with Gasteiger partial charge < -0.3 is 9.64 Å². The molecule has 0 aliphatic carbocycles. The summed E-state index contributed by atoms with van der Waals surface area (Å²) < 4.78 is 179. The van der Waals surface area contributed by atoms with Gasteiger partial charge in [0, 0.05) is 29.2 Å². The topological polar surface area (TPSA) is 53.3 Å². The van der Waals surface area contributed by atoms with Gasteiger partial charge in [0.1, 0.15) is 11.6 Å². The second kappa shape index (κ2) is 11.3. The quantitative estimate of drug-likeness (QED) is 0.0887. The average molecular weight is 612 g/mol. The minimum atomic E-state index is -7.98. The van der Waals surface area contributed by atoms with Crippen LogP contribution in [0.5, 0.6) is 0 Å². The van der Waals surface area contributed by atoms with Gasteiger partial charge in [-0.25, -0.2) is 4.79 Å². The van der Waals surface area contributed by atoms with Crippen molar-refractivity contribution in [3.63, 3.8) is 0 Å². The van der Waals surface area contributed by atoms with Gasteiger partial charge in [0.15, 0.2) is 0 Å². The fourth-order valence-electron chi connectivity index (χ4n) is 3.17. The summed E-state index contributed by atoms with van der Waals surface area (Å²) in [6.45, 7) is 1.86. The van der Waals surface area contributed by atoms with E-state index >= 15 is 0 Å². The third kappa shape index (κ3) is 5.73. The monoisotopic (exact) mass is 612 g/mol. The summed E-state index contributed by atoms with van der Waals surface area (Å²) in [6.07, 6.45) is -1.62. The molecule has 1 aliphatic heterocycles. The van der Waals surface area contributed by atoms with Crippen LogP contribution >= 0.6 is 0 Å². The van der Waals surface area contributed by atoms with Gasteiger partial charge in [-0.1, -0.05) is 25.5 Å². The fourth-order valence-corrected chi connectivity index (χ4v) is 3.17. The lowest BCUT2D eigenvalue weighted by Crippen LogP contribution is -2.69. The lowest BCUT2D eigenvalue weighted by atomic mass is 9.90. The predicted octanol–water partition coefficient (Wildman–Crippen LogP) is 7.89. The van der Waals surface area contributed by atoms with Crippen molar-refractivity contribution in [2.45, 2.75) is 55.6 Å². The summed E-state index contributed by atoms with van der Waals surface area (Å²) >= 11 is 0. The summed E-state index contributed by atoms with van der Waals surface area (Å²) in [5, 5.41) is 9.23. The molecule has 0 amide bonds. The van der Waals surface area contributed by atoms with E-state index in [2.05, 4.69) is 0 Å². The van der Waals surface area contributed by atoms with E-state index in [1.165, 1.54) is 12.2 Å². The van der Waals surface area contributed by atoms with E-state index in [1.807, 2.05) is 6.92 Å². The van der Waals surface area contributed by atoms with E-state index in [1.54, 1.807) is 6.07 Å². The van der Waals surface area contributed by atoms with Crippen molar-refractivity contribution in [3.8, 4) is 6.07 Å². The summed E-state index contributed by atoms with van der Waals surface area (Å²) in [5.74, 6) is -38.4. The SMILES string of the molecule is CCCCOC(=O)C(C#N)=C1C=CN(c2ccc(C(F)(F)C(F)(F)C(F)(F)C(F)(F)C(F)(F)C(F)(F)F)cc2)C=C1. The molecule has 0 atom stereocenters. The van der Waals surface area contributed by atoms with Crippen LogP contribution in [0.3, 0.4) is 0 Å². The van der Waals surface area contributed by atoms with Gasteiger partial charge in [0.2, 0.25) is 0 Å². The number of alkyl halides is 13. The van der Waals surface area contributed by atoms with E-state index < -0.39 is 52.9 Å². The number of hydrogen-bond acceptors (Lipinski definition) is 4. The van der Waals surface area contributed by atoms with Gasteiger partial charge in [-0.3, -0.25) is 0 Å². The molecule has 4 nitrogen and oxygen atoms in total. The smallest absolute Gasteiger partial charge is 0.460 e. The number of rotatable bonds is 10. The van der Waals surface area contributed by atoms with Crippen LogP contribution in [0.25, 0.3) is 0 Å². The molecule has 0 radical (unpaired) electrons. The largest absolute Gasteiger partial charge is 0.462 e. The molecule has 2 rings (SSSR count). The summed E-state index contributed by atoms with van der Waals surface area (Å²) in [7, 11) is 0. The Balaban J connectivity index is 2.35. The minimum absolute atomic E-state index is 0.0260. The molecule has 226 valence electrons. The lowest BCUT2D eigenvalue weighted by molar-refractivity contribution is -0.441. The highest BCUT2D eigenvalue weighted by Gasteiger charge is 2.90. The minimum Gasteiger partial charge on any atom is -0.462 e. The highest BCUT2D eigenvalue weighted by molar-refractivity contribution is 5.95. The molecule has 1 aliphatic rings. The van der Waals surface area contributed by atoms with Crippen LogP contribution in [0.2, 0.25) is 0 Å². The number of ether oxygens (including phenoxy) is 1. The van der Waals surface area contributed by atoms with Gasteiger partial charge in [0.25, 0.3) is 0 Å². The molecule has 1 aromatic rings. The van der Waals surface area contributed by atoms with Crippen molar-refractivity contribution < 1.29 is 66.6 Å². The Bertz CT molecular complexity index is 1240. The first kappa shape index (κ1) is 33.5. The van der Waals surface area contributed by atoms with Crippen molar-refractivity contribution in [1.29, 1.82) is 5.26 Å². The number of unbranched alkanes of at least 4 members (excludes halogenated alkanes) is 1. The van der Waals surface area contributed by atoms with Crippen LogP contribution in [0.4, 0.5) is 62.8 Å². The number of hydrogen-bond donors (Lipinski definition) is 0. The molecule has 0 spiro atoms. The van der Waals surface area contributed by atoms with Crippen LogP contribution in [0.15, 0.2) is 60.0 Å². The summed E-state index contributed by atoms with van der Waals surface area (Å²) in [4.78, 5) is 13.1. The molecule has 1 aromatic carbocycles. The fraction of sp³-hybridized carbons (Fsp3) is 0.417. The summed E-state index contributed by atoms with van der Waals surface area (Å²) in [5.41, 5.74) is -2.64. The standard InChI is InChI=1S/C24H17F13N2O2/c1-2-3-12-41-18(40)17(13-38)14-8-10-39(11-9-14)16-6-4-15(5-7-16)19(25,26)20(27,28)21(29,30)22(31,32)23(33,34)24(35,36)37/h4-11H,2-3,12H2,1H3. The number of esters is 1. The zero-order chi connectivity index (χ0) is 31.7. The molecule has 0 aromatic heterocycles. The van der Waals surface area contributed by atoms with Crippen molar-refractivity contribution in [2.24, 2.45) is 0 Å². The van der Waals surface area contributed by atoms with Crippen LogP contribution < -0.4 is 4.90 Å². The first-order valence-corrected chi connectivity index (χ1v) is 11.1. The number of nitriles is 1. The highest BCUT2D eigenvalue weighted by Crippen LogP contribution is 2.62. The second-order valence-corrected chi connectivity index (χ2v) is 8.39. The number of halogens is 13. The summed E-state index contributed by atoms with van der Waals surface area (Å²) in [6, 6.07) is 2.84. The molecule has 0 saturated heterocycles. The Labute approximate surface area is 223 Å². The Morgan fingerprint density at radius 1 is 0.805 bits per heavy atom. The van der Waals surface area contributed by atoms with Crippen LogP contribution in [-0.4, -0.2) is 42.4 Å². The number of carbonyl (C=O) groups is 1. The molecule has 0 fully saturated rings. The molecule has 17 heteroatoms. The van der Waals surface area contributed by atoms with Crippen LogP contribution in [0, 0.1) is 11.3 Å². The first-order valence-electron chi connectivity index (χ1n) is 11.1. The Morgan fingerprint density at radius 2 is 1.29 bits per heavy atom. The first-order chi connectivity index (χ1) is 18.6. The number of nitrogens with zero attached hydrogens (tertiary/aromatic N) is 2. The number of benzene rings is 1. The lowest BCUT2D eigenvalue weighted by Gasteiger charge is -2.39. The Kier molecular flexibility index (Phi) is 9.22. The molecule has 0 unspecified atom stereocenters. The molecular formula is C24H17F13N2O2. The third-order valence-electron chi connectivity index (χ3n) is 5.63. The average Bonchev–Trinajstić information content (AvgIpc) is 2.88. The van der Waals surface area contributed by atoms with Gasteiger partial charge in [-0.05, 0) is 30.7 Å². The molecule has 41 heavy (non-hydrogen) atoms. The van der Waals surface area contributed by atoms with Crippen molar-refractivity contribution in [2.75, 3.05) is 11.5 Å². The number of anilines is 1. The van der Waals surface area contributed by atoms with Gasteiger partial charge in [-0.15, -0.1) is 0 Å². The number of carbonyl (C=O) groups excluding carboxylic acids is 1. The van der Waals surface area contributed by atoms with E-state index in [9.17, 15) is 67.1 Å². The number of allylic oxidation sites excluding steroid dienone is 3. The van der Waals surface area contributed by atoms with Crippen LogP contribution in [-0.2, 0) is 15.5 Å². The normalized spacial score (nSPS) is 15.1. The zero-order valence-corrected chi connectivity index (χ0v) is 20.4. The molecule has 0 bridgehead atoms. The Morgan fingerprint density at radius 3 is 1.73 bits per heavy atom. The Hall–Kier alpha value is -3.71.